The maximum absolute atomic E-state index is 11.6. The molecule has 0 fully saturated rings. The Balaban J connectivity index is 4.43. The molecule has 106 valence electrons. The summed E-state index contributed by atoms with van der Waals surface area (Å²) in [5.41, 5.74) is -0.416. The lowest BCUT2D eigenvalue weighted by Crippen LogP contribution is -2.54. The SMILES string of the molecule is CC(C)(C)CC(C)(C)NC(=O)N[C@@H](CO)C(=O)O. The quantitative estimate of drug-likeness (QED) is 0.591. The minimum atomic E-state index is -1.28. The zero-order chi connectivity index (χ0) is 14.6. The van der Waals surface area contributed by atoms with Crippen LogP contribution in [0.3, 0.4) is 0 Å². The monoisotopic (exact) mass is 260 g/mol. The highest BCUT2D eigenvalue weighted by Gasteiger charge is 2.28. The molecule has 0 saturated carbocycles. The second-order valence-corrected chi connectivity index (χ2v) is 6.29. The number of nitrogens with one attached hydrogen (secondary N) is 2. The Kier molecular flexibility index (Phi) is 5.60. The second kappa shape index (κ2) is 6.04. The van der Waals surface area contributed by atoms with Crippen molar-refractivity contribution in [2.45, 2.75) is 52.6 Å². The molecule has 18 heavy (non-hydrogen) atoms. The van der Waals surface area contributed by atoms with Crippen LogP contribution >= 0.6 is 0 Å². The number of hydrogen-bond donors (Lipinski definition) is 4. The van der Waals surface area contributed by atoms with Gasteiger partial charge in [0.2, 0.25) is 0 Å². The van der Waals surface area contributed by atoms with Crippen molar-refractivity contribution in [1.82, 2.24) is 10.6 Å². The van der Waals surface area contributed by atoms with Crippen LogP contribution in [0.1, 0.15) is 41.0 Å². The van der Waals surface area contributed by atoms with E-state index in [-0.39, 0.29) is 5.41 Å². The Morgan fingerprint density at radius 1 is 1.17 bits per heavy atom. The van der Waals surface area contributed by atoms with Crippen LogP contribution in [0.2, 0.25) is 0 Å². The summed E-state index contributed by atoms with van der Waals surface area (Å²) in [6.45, 7) is 9.27. The number of hydrogen-bond acceptors (Lipinski definition) is 3. The maximum Gasteiger partial charge on any atom is 0.328 e. The first-order valence-corrected chi connectivity index (χ1v) is 5.89. The largest absolute Gasteiger partial charge is 0.480 e. The van der Waals surface area contributed by atoms with Gasteiger partial charge in [0.25, 0.3) is 0 Å². The lowest BCUT2D eigenvalue weighted by atomic mass is 9.82. The van der Waals surface area contributed by atoms with E-state index >= 15 is 0 Å². The van der Waals surface area contributed by atoms with Crippen molar-refractivity contribution in [3.63, 3.8) is 0 Å². The van der Waals surface area contributed by atoms with Gasteiger partial charge in [0.05, 0.1) is 6.61 Å². The summed E-state index contributed by atoms with van der Waals surface area (Å²) < 4.78 is 0. The van der Waals surface area contributed by atoms with E-state index in [4.69, 9.17) is 10.2 Å². The van der Waals surface area contributed by atoms with E-state index in [9.17, 15) is 9.59 Å². The molecule has 0 aliphatic heterocycles. The molecule has 0 aromatic rings. The number of rotatable bonds is 5. The summed E-state index contributed by atoms with van der Waals surface area (Å²) in [7, 11) is 0. The minimum absolute atomic E-state index is 0.0416. The molecule has 0 unspecified atom stereocenters. The fraction of sp³-hybridized carbons (Fsp3) is 0.833. The summed E-state index contributed by atoms with van der Waals surface area (Å²) in [6, 6.07) is -1.87. The lowest BCUT2D eigenvalue weighted by Gasteiger charge is -2.33. The van der Waals surface area contributed by atoms with Gasteiger partial charge in [-0.05, 0) is 25.7 Å². The van der Waals surface area contributed by atoms with Gasteiger partial charge in [-0.1, -0.05) is 20.8 Å². The van der Waals surface area contributed by atoms with Crippen molar-refractivity contribution in [2.75, 3.05) is 6.61 Å². The molecule has 0 rings (SSSR count). The van der Waals surface area contributed by atoms with Gasteiger partial charge in [0, 0.05) is 5.54 Å². The van der Waals surface area contributed by atoms with Gasteiger partial charge in [-0.3, -0.25) is 0 Å². The maximum atomic E-state index is 11.6. The van der Waals surface area contributed by atoms with Crippen LogP contribution < -0.4 is 10.6 Å². The van der Waals surface area contributed by atoms with Gasteiger partial charge in [-0.25, -0.2) is 9.59 Å². The fourth-order valence-corrected chi connectivity index (χ4v) is 2.06. The van der Waals surface area contributed by atoms with Crippen molar-refractivity contribution in [1.29, 1.82) is 0 Å². The van der Waals surface area contributed by atoms with Crippen molar-refractivity contribution >= 4 is 12.0 Å². The predicted octanol–water partition coefficient (Wildman–Crippen LogP) is 0.946. The van der Waals surface area contributed by atoms with Crippen molar-refractivity contribution in [3.05, 3.63) is 0 Å². The number of aliphatic carboxylic acids is 1. The Morgan fingerprint density at radius 3 is 2.00 bits per heavy atom. The fourth-order valence-electron chi connectivity index (χ4n) is 2.06. The second-order valence-electron chi connectivity index (χ2n) is 6.29. The summed E-state index contributed by atoms with van der Waals surface area (Å²) in [5.74, 6) is -1.26. The zero-order valence-corrected chi connectivity index (χ0v) is 11.7. The Morgan fingerprint density at radius 2 is 1.67 bits per heavy atom. The van der Waals surface area contributed by atoms with Crippen LogP contribution in [0, 0.1) is 5.41 Å². The molecule has 0 saturated heterocycles. The van der Waals surface area contributed by atoms with Gasteiger partial charge >= 0.3 is 12.0 Å². The van der Waals surface area contributed by atoms with E-state index in [1.807, 2.05) is 13.8 Å². The molecule has 0 aliphatic carbocycles. The van der Waals surface area contributed by atoms with E-state index in [0.29, 0.717) is 0 Å². The number of carboxylic acid groups (broad SMARTS) is 1. The van der Waals surface area contributed by atoms with Crippen LogP contribution in [0.15, 0.2) is 0 Å². The summed E-state index contributed by atoms with van der Waals surface area (Å²) >= 11 is 0. The Hall–Kier alpha value is -1.30. The highest BCUT2D eigenvalue weighted by atomic mass is 16.4. The average Bonchev–Trinajstić information content (AvgIpc) is 2.08. The molecule has 0 aromatic carbocycles. The topological polar surface area (TPSA) is 98.7 Å². The Bertz CT molecular complexity index is 308. The summed E-state index contributed by atoms with van der Waals surface area (Å²) in [4.78, 5) is 22.3. The normalized spacial score (nSPS) is 13.9. The van der Waals surface area contributed by atoms with Gasteiger partial charge < -0.3 is 20.8 Å². The molecule has 6 nitrogen and oxygen atoms in total. The number of carboxylic acids is 1. The van der Waals surface area contributed by atoms with E-state index < -0.39 is 30.2 Å². The molecule has 0 radical (unpaired) electrons. The molecule has 0 heterocycles. The highest BCUT2D eigenvalue weighted by molar-refractivity contribution is 5.82. The number of carbonyl (C=O) groups excluding carboxylic acids is 1. The van der Waals surface area contributed by atoms with Gasteiger partial charge in [-0.2, -0.15) is 0 Å². The molecule has 2 amide bonds. The summed E-state index contributed by atoms with van der Waals surface area (Å²) in [5, 5.41) is 22.4. The first kappa shape index (κ1) is 16.7. The van der Waals surface area contributed by atoms with Gasteiger partial charge in [-0.15, -0.1) is 0 Å². The third-order valence-corrected chi connectivity index (χ3v) is 2.21. The standard InChI is InChI=1S/C12H24N2O4/c1-11(2,3)7-12(4,5)14-10(18)13-8(6-15)9(16)17/h8,15H,6-7H2,1-5H3,(H,16,17)(H2,13,14,18)/t8-/m0/s1. The lowest BCUT2D eigenvalue weighted by molar-refractivity contribution is -0.140. The Labute approximate surface area is 108 Å². The summed E-state index contributed by atoms with van der Waals surface area (Å²) in [6.07, 6.45) is 0.740. The molecule has 0 aromatic heterocycles. The molecule has 0 spiro atoms. The van der Waals surface area contributed by atoms with Crippen molar-refractivity contribution < 1.29 is 19.8 Å². The predicted molar refractivity (Wildman–Crippen MR) is 68.3 cm³/mol. The van der Waals surface area contributed by atoms with Gasteiger partial charge in [0.15, 0.2) is 6.04 Å². The number of carbonyl (C=O) groups is 2. The minimum Gasteiger partial charge on any atom is -0.480 e. The van der Waals surface area contributed by atoms with Crippen LogP contribution in [0.5, 0.6) is 0 Å². The number of aliphatic hydroxyl groups is 1. The third kappa shape index (κ3) is 7.11. The van der Waals surface area contributed by atoms with Crippen molar-refractivity contribution in [2.24, 2.45) is 5.41 Å². The molecular formula is C12H24N2O4. The molecular weight excluding hydrogens is 236 g/mol. The smallest absolute Gasteiger partial charge is 0.328 e. The van der Waals surface area contributed by atoms with Crippen LogP contribution in [-0.4, -0.2) is 40.4 Å². The molecule has 0 aliphatic rings. The highest BCUT2D eigenvalue weighted by Crippen LogP contribution is 2.26. The van der Waals surface area contributed by atoms with E-state index in [1.165, 1.54) is 0 Å². The molecule has 0 bridgehead atoms. The van der Waals surface area contributed by atoms with E-state index in [1.54, 1.807) is 0 Å². The molecule has 1 atom stereocenters. The van der Waals surface area contributed by atoms with Gasteiger partial charge in [0.1, 0.15) is 0 Å². The van der Waals surface area contributed by atoms with E-state index in [0.717, 1.165) is 6.42 Å². The first-order chi connectivity index (χ1) is 7.97. The van der Waals surface area contributed by atoms with E-state index in [2.05, 4.69) is 31.4 Å². The van der Waals surface area contributed by atoms with Crippen LogP contribution in [0.4, 0.5) is 4.79 Å². The third-order valence-electron chi connectivity index (χ3n) is 2.21. The molecule has 6 heteroatoms. The van der Waals surface area contributed by atoms with Crippen molar-refractivity contribution in [3.8, 4) is 0 Å². The van der Waals surface area contributed by atoms with Crippen LogP contribution in [-0.2, 0) is 4.79 Å². The van der Waals surface area contributed by atoms with Crippen LogP contribution in [0.25, 0.3) is 0 Å². The number of amides is 2. The molecule has 4 N–H and O–H groups in total. The average molecular weight is 260 g/mol. The number of aliphatic hydroxyl groups excluding tert-OH is 1. The number of urea groups is 1. The first-order valence-electron chi connectivity index (χ1n) is 5.89. The zero-order valence-electron chi connectivity index (χ0n) is 11.7.